The van der Waals surface area contributed by atoms with E-state index in [1.807, 2.05) is 19.1 Å². The highest BCUT2D eigenvalue weighted by Gasteiger charge is 2.14. The Morgan fingerprint density at radius 1 is 1.38 bits per heavy atom. The summed E-state index contributed by atoms with van der Waals surface area (Å²) < 4.78 is 19.6. The predicted octanol–water partition coefficient (Wildman–Crippen LogP) is 4.78. The minimum absolute atomic E-state index is 0.0702. The van der Waals surface area contributed by atoms with Gasteiger partial charge in [0.2, 0.25) is 0 Å². The van der Waals surface area contributed by atoms with Crippen molar-refractivity contribution < 1.29 is 9.13 Å². The van der Waals surface area contributed by atoms with E-state index >= 15 is 0 Å². The number of halogens is 2. The van der Waals surface area contributed by atoms with Gasteiger partial charge in [0.05, 0.1) is 10.0 Å². The summed E-state index contributed by atoms with van der Waals surface area (Å²) in [6.45, 7) is 2.02. The predicted molar refractivity (Wildman–Crippen MR) is 88.0 cm³/mol. The van der Waals surface area contributed by atoms with Crippen molar-refractivity contribution in [1.82, 2.24) is 0 Å². The Bertz CT molecular complexity index is 679. The highest BCUT2D eigenvalue weighted by Crippen LogP contribution is 2.33. The number of hydrogen-bond acceptors (Lipinski definition) is 3. The molecule has 0 saturated carbocycles. The van der Waals surface area contributed by atoms with Crippen LogP contribution in [0.5, 0.6) is 11.5 Å². The van der Waals surface area contributed by atoms with Crippen molar-refractivity contribution >= 4 is 33.5 Å². The minimum Gasteiger partial charge on any atom is -0.456 e. The Balaban J connectivity index is 2.41. The molecule has 6 heteroatoms. The van der Waals surface area contributed by atoms with Crippen LogP contribution in [0.2, 0.25) is 0 Å². The van der Waals surface area contributed by atoms with Gasteiger partial charge in [-0.1, -0.05) is 13.0 Å². The molecule has 0 aliphatic heterocycles. The van der Waals surface area contributed by atoms with Gasteiger partial charge in [0.1, 0.15) is 23.2 Å². The van der Waals surface area contributed by atoms with Crippen molar-refractivity contribution in [2.24, 2.45) is 5.73 Å². The van der Waals surface area contributed by atoms with Crippen LogP contribution in [0.25, 0.3) is 0 Å². The third-order valence-corrected chi connectivity index (χ3v) is 4.26. The molecule has 0 atom stereocenters. The van der Waals surface area contributed by atoms with Crippen LogP contribution < -0.4 is 10.5 Å². The maximum Gasteiger partial charge on any atom is 0.141 e. The molecular weight excluding hydrogens is 355 g/mol. The average molecular weight is 369 g/mol. The van der Waals surface area contributed by atoms with Gasteiger partial charge >= 0.3 is 0 Å². The summed E-state index contributed by atoms with van der Waals surface area (Å²) in [5.41, 5.74) is 6.20. The molecule has 0 saturated heterocycles. The second-order valence-corrected chi connectivity index (χ2v) is 6.31. The number of rotatable bonds is 5. The molecule has 2 rings (SSSR count). The fourth-order valence-corrected chi connectivity index (χ4v) is 2.89. The summed E-state index contributed by atoms with van der Waals surface area (Å²) in [5, 5.41) is 7.74. The molecule has 0 aliphatic rings. The highest BCUT2D eigenvalue weighted by molar-refractivity contribution is 9.10. The summed E-state index contributed by atoms with van der Waals surface area (Å²) >= 11 is 4.67. The number of nitrogen functional groups attached to an aromatic ring is 1. The van der Waals surface area contributed by atoms with Gasteiger partial charge in [0.15, 0.2) is 0 Å². The van der Waals surface area contributed by atoms with Crippen molar-refractivity contribution in [2.75, 3.05) is 5.75 Å². The van der Waals surface area contributed by atoms with Crippen LogP contribution in [0.4, 0.5) is 4.39 Å². The zero-order valence-corrected chi connectivity index (χ0v) is 13.7. The van der Waals surface area contributed by atoms with E-state index in [0.29, 0.717) is 21.5 Å². The third kappa shape index (κ3) is 3.77. The molecule has 0 heterocycles. The second kappa shape index (κ2) is 6.95. The van der Waals surface area contributed by atoms with Crippen molar-refractivity contribution in [3.8, 4) is 11.5 Å². The van der Waals surface area contributed by atoms with Gasteiger partial charge in [0, 0.05) is 11.0 Å². The molecule has 0 spiro atoms. The monoisotopic (exact) mass is 368 g/mol. The topological polar surface area (TPSA) is 59.1 Å². The number of thioether (sulfide) groups is 1. The van der Waals surface area contributed by atoms with Gasteiger partial charge in [-0.15, -0.1) is 11.8 Å². The lowest BCUT2D eigenvalue weighted by atomic mass is 10.2. The highest BCUT2D eigenvalue weighted by atomic mass is 79.9. The van der Waals surface area contributed by atoms with Gasteiger partial charge in [-0.25, -0.2) is 4.39 Å². The Morgan fingerprint density at radius 3 is 2.76 bits per heavy atom. The fraction of sp³-hybridized carbons (Fsp3) is 0.133. The zero-order chi connectivity index (χ0) is 15.4. The van der Waals surface area contributed by atoms with Crippen molar-refractivity contribution in [2.45, 2.75) is 11.8 Å². The van der Waals surface area contributed by atoms with Gasteiger partial charge in [-0.05, 0) is 45.9 Å². The summed E-state index contributed by atoms with van der Waals surface area (Å²) in [5.74, 6) is 1.19. The van der Waals surface area contributed by atoms with Crippen LogP contribution >= 0.6 is 27.7 Å². The van der Waals surface area contributed by atoms with Gasteiger partial charge in [-0.3, -0.25) is 5.41 Å². The summed E-state index contributed by atoms with van der Waals surface area (Å²) in [6, 6.07) is 9.94. The number of benzene rings is 2. The first-order valence-corrected chi connectivity index (χ1v) is 8.04. The molecule has 0 bridgehead atoms. The molecule has 110 valence electrons. The van der Waals surface area contributed by atoms with E-state index in [-0.39, 0.29) is 5.84 Å². The SMILES string of the molecule is CCSc1cccc(Oc2ccc(Br)c(F)c2)c1C(=N)N. The molecule has 0 fully saturated rings. The van der Waals surface area contributed by atoms with Crippen LogP contribution in [0.1, 0.15) is 12.5 Å². The maximum atomic E-state index is 13.5. The number of hydrogen-bond donors (Lipinski definition) is 2. The third-order valence-electron chi connectivity index (χ3n) is 2.68. The fourth-order valence-electron chi connectivity index (χ4n) is 1.80. The quantitative estimate of drug-likeness (QED) is 0.453. The van der Waals surface area contributed by atoms with Crippen LogP contribution in [-0.2, 0) is 0 Å². The van der Waals surface area contributed by atoms with E-state index < -0.39 is 5.82 Å². The molecule has 3 N–H and O–H groups in total. The van der Waals surface area contributed by atoms with E-state index in [9.17, 15) is 4.39 Å². The first kappa shape index (κ1) is 15.9. The molecule has 0 radical (unpaired) electrons. The van der Waals surface area contributed by atoms with E-state index in [0.717, 1.165) is 10.6 Å². The smallest absolute Gasteiger partial charge is 0.141 e. The standard InChI is InChI=1S/C15H14BrFN2OS/c1-2-21-13-5-3-4-12(14(13)15(18)19)20-9-6-7-10(16)11(17)8-9/h3-8H,2H2,1H3,(H3,18,19). The molecule has 0 aliphatic carbocycles. The van der Waals surface area contributed by atoms with Crippen LogP contribution in [0.3, 0.4) is 0 Å². The first-order chi connectivity index (χ1) is 10.0. The average Bonchev–Trinajstić information content (AvgIpc) is 2.43. The molecule has 21 heavy (non-hydrogen) atoms. The normalized spacial score (nSPS) is 10.4. The molecule has 2 aromatic rings. The van der Waals surface area contributed by atoms with Crippen molar-refractivity contribution in [3.63, 3.8) is 0 Å². The largest absolute Gasteiger partial charge is 0.456 e. The maximum absolute atomic E-state index is 13.5. The first-order valence-electron chi connectivity index (χ1n) is 6.26. The molecule has 0 unspecified atom stereocenters. The number of amidine groups is 1. The van der Waals surface area contributed by atoms with Crippen molar-refractivity contribution in [3.05, 3.63) is 52.3 Å². The summed E-state index contributed by atoms with van der Waals surface area (Å²) in [7, 11) is 0. The lowest BCUT2D eigenvalue weighted by Crippen LogP contribution is -2.13. The van der Waals surface area contributed by atoms with Crippen molar-refractivity contribution in [1.29, 1.82) is 5.41 Å². The number of ether oxygens (including phenoxy) is 1. The van der Waals surface area contributed by atoms with Crippen LogP contribution in [0.15, 0.2) is 45.8 Å². The number of nitrogens with two attached hydrogens (primary N) is 1. The molecular formula is C15H14BrFN2OS. The second-order valence-electron chi connectivity index (χ2n) is 4.15. The Hall–Kier alpha value is -1.53. The van der Waals surface area contributed by atoms with Gasteiger partial charge in [0.25, 0.3) is 0 Å². The Kier molecular flexibility index (Phi) is 5.25. The zero-order valence-electron chi connectivity index (χ0n) is 11.3. The van der Waals surface area contributed by atoms with Gasteiger partial charge in [-0.2, -0.15) is 0 Å². The van der Waals surface area contributed by atoms with E-state index in [2.05, 4.69) is 15.9 Å². The Labute approximate surface area is 135 Å². The number of nitrogens with one attached hydrogen (secondary N) is 1. The van der Waals surface area contributed by atoms with E-state index in [1.54, 1.807) is 30.0 Å². The molecule has 0 amide bonds. The van der Waals surface area contributed by atoms with Crippen LogP contribution in [-0.4, -0.2) is 11.6 Å². The summed E-state index contributed by atoms with van der Waals surface area (Å²) in [6.07, 6.45) is 0. The molecule has 0 aromatic heterocycles. The lowest BCUT2D eigenvalue weighted by molar-refractivity contribution is 0.473. The minimum atomic E-state index is -0.407. The lowest BCUT2D eigenvalue weighted by Gasteiger charge is -2.14. The Morgan fingerprint density at radius 2 is 2.14 bits per heavy atom. The molecule has 2 aromatic carbocycles. The van der Waals surface area contributed by atoms with E-state index in [4.69, 9.17) is 15.9 Å². The van der Waals surface area contributed by atoms with Crippen LogP contribution in [0, 0.1) is 11.2 Å². The molecule has 3 nitrogen and oxygen atoms in total. The van der Waals surface area contributed by atoms with Gasteiger partial charge < -0.3 is 10.5 Å². The summed E-state index contributed by atoms with van der Waals surface area (Å²) in [4.78, 5) is 0.875. The van der Waals surface area contributed by atoms with E-state index in [1.165, 1.54) is 6.07 Å².